The minimum absolute atomic E-state index is 0.0879. The molecular formula is C16H14F2N6O2S2. The number of para-hydroxylation sites is 2. The van der Waals surface area contributed by atoms with Gasteiger partial charge < -0.3 is 10.6 Å². The Morgan fingerprint density at radius 1 is 0.643 bits per heavy atom. The number of amides is 2. The third-order valence-electron chi connectivity index (χ3n) is 3.03. The number of carbonyl (C=O) groups is 2. The van der Waals surface area contributed by atoms with Crippen LogP contribution in [0.2, 0.25) is 0 Å². The van der Waals surface area contributed by atoms with Crippen LogP contribution in [0.4, 0.5) is 20.2 Å². The number of benzene rings is 2. The Morgan fingerprint density at radius 3 is 1.36 bits per heavy atom. The lowest BCUT2D eigenvalue weighted by atomic mass is 10.3. The molecule has 2 aromatic rings. The van der Waals surface area contributed by atoms with E-state index in [4.69, 9.17) is 24.4 Å². The van der Waals surface area contributed by atoms with Gasteiger partial charge in [-0.3, -0.25) is 31.3 Å². The van der Waals surface area contributed by atoms with Crippen molar-refractivity contribution in [2.45, 2.75) is 0 Å². The molecule has 0 radical (unpaired) electrons. The van der Waals surface area contributed by atoms with Crippen LogP contribution in [0.1, 0.15) is 0 Å². The summed E-state index contributed by atoms with van der Waals surface area (Å²) in [6.45, 7) is 0. The van der Waals surface area contributed by atoms with Crippen LogP contribution in [0.3, 0.4) is 0 Å². The molecule has 28 heavy (non-hydrogen) atoms. The highest BCUT2D eigenvalue weighted by Gasteiger charge is 2.14. The van der Waals surface area contributed by atoms with Crippen LogP contribution in [0.25, 0.3) is 0 Å². The monoisotopic (exact) mass is 424 g/mol. The molecule has 6 N–H and O–H groups in total. The normalized spacial score (nSPS) is 9.64. The van der Waals surface area contributed by atoms with Crippen LogP contribution in [-0.4, -0.2) is 22.0 Å². The highest BCUT2D eigenvalue weighted by Crippen LogP contribution is 2.12. The Morgan fingerprint density at radius 2 is 1.00 bits per heavy atom. The first-order valence-corrected chi connectivity index (χ1v) is 8.42. The second kappa shape index (κ2) is 10.1. The van der Waals surface area contributed by atoms with Crippen molar-refractivity contribution in [3.63, 3.8) is 0 Å². The van der Waals surface area contributed by atoms with E-state index in [9.17, 15) is 18.4 Å². The van der Waals surface area contributed by atoms with Gasteiger partial charge in [-0.25, -0.2) is 8.78 Å². The average molecular weight is 424 g/mol. The maximum Gasteiger partial charge on any atom is 0.329 e. The lowest BCUT2D eigenvalue weighted by Gasteiger charge is -2.13. The largest absolute Gasteiger partial charge is 0.329 e. The Labute approximate surface area is 169 Å². The molecule has 0 bridgehead atoms. The molecule has 2 aromatic carbocycles. The molecule has 146 valence electrons. The highest BCUT2D eigenvalue weighted by molar-refractivity contribution is 7.80. The number of anilines is 2. The Hall–Kier alpha value is -3.38. The third kappa shape index (κ3) is 6.41. The fraction of sp³-hybridized carbons (Fsp3) is 0. The summed E-state index contributed by atoms with van der Waals surface area (Å²) in [7, 11) is 0. The van der Waals surface area contributed by atoms with Crippen molar-refractivity contribution < 1.29 is 18.4 Å². The molecule has 0 fully saturated rings. The lowest BCUT2D eigenvalue weighted by molar-refractivity contribution is -0.139. The molecule has 0 saturated heterocycles. The quantitative estimate of drug-likeness (QED) is 0.244. The van der Waals surface area contributed by atoms with E-state index in [1.54, 1.807) is 12.1 Å². The van der Waals surface area contributed by atoms with Gasteiger partial charge in [-0.2, -0.15) is 0 Å². The van der Waals surface area contributed by atoms with Crippen LogP contribution >= 0.6 is 24.4 Å². The standard InChI is InChI=1S/C16H14F2N6O2S2/c17-9-5-1-3-7-11(9)19-15(27)23-21-13(25)14(26)22-24-16(28)20-12-8-4-2-6-10(12)18/h1-8H,(H,21,25)(H,22,26)(H2,19,23,27)(H2,20,24,28). The van der Waals surface area contributed by atoms with Gasteiger partial charge in [0.1, 0.15) is 11.6 Å². The number of halogens is 2. The van der Waals surface area contributed by atoms with Crippen molar-refractivity contribution in [1.82, 2.24) is 21.7 Å². The summed E-state index contributed by atoms with van der Waals surface area (Å²) in [6.07, 6.45) is 0. The molecule has 0 spiro atoms. The Balaban J connectivity index is 1.73. The molecule has 0 unspecified atom stereocenters. The first-order chi connectivity index (χ1) is 13.4. The number of nitrogens with one attached hydrogen (secondary N) is 6. The van der Waals surface area contributed by atoms with E-state index >= 15 is 0 Å². The lowest BCUT2D eigenvalue weighted by Crippen LogP contribution is -2.53. The van der Waals surface area contributed by atoms with Gasteiger partial charge in [0.15, 0.2) is 10.2 Å². The Bertz CT molecular complexity index is 839. The zero-order valence-corrected chi connectivity index (χ0v) is 15.6. The molecule has 12 heteroatoms. The maximum atomic E-state index is 13.5. The van der Waals surface area contributed by atoms with Crippen molar-refractivity contribution in [3.8, 4) is 0 Å². The maximum absolute atomic E-state index is 13.5. The van der Waals surface area contributed by atoms with Crippen LogP contribution in [0.15, 0.2) is 48.5 Å². The van der Waals surface area contributed by atoms with E-state index in [1.165, 1.54) is 36.4 Å². The number of thiocarbonyl (C=S) groups is 2. The predicted octanol–water partition coefficient (Wildman–Crippen LogP) is 1.30. The van der Waals surface area contributed by atoms with Gasteiger partial charge in [-0.1, -0.05) is 24.3 Å². The molecule has 8 nitrogen and oxygen atoms in total. The van der Waals surface area contributed by atoms with Crippen LogP contribution < -0.4 is 32.3 Å². The number of rotatable bonds is 2. The fourth-order valence-electron chi connectivity index (χ4n) is 1.77. The van der Waals surface area contributed by atoms with E-state index in [0.717, 1.165) is 0 Å². The first-order valence-electron chi connectivity index (χ1n) is 7.60. The molecule has 0 saturated carbocycles. The molecule has 2 rings (SSSR count). The number of hydrogen-bond donors (Lipinski definition) is 6. The molecule has 0 aliphatic carbocycles. The van der Waals surface area contributed by atoms with Crippen molar-refractivity contribution >= 4 is 57.8 Å². The van der Waals surface area contributed by atoms with Crippen LogP contribution in [0.5, 0.6) is 0 Å². The predicted molar refractivity (Wildman–Crippen MR) is 108 cm³/mol. The summed E-state index contributed by atoms with van der Waals surface area (Å²) in [5.74, 6) is -3.32. The summed E-state index contributed by atoms with van der Waals surface area (Å²) < 4.78 is 27.0. The van der Waals surface area contributed by atoms with Crippen LogP contribution in [0, 0.1) is 11.6 Å². The van der Waals surface area contributed by atoms with Gasteiger partial charge in [0, 0.05) is 0 Å². The minimum Gasteiger partial charge on any atom is -0.329 e. The van der Waals surface area contributed by atoms with Crippen LogP contribution in [-0.2, 0) is 9.59 Å². The molecule has 0 aliphatic heterocycles. The Kier molecular flexibility index (Phi) is 7.54. The summed E-state index contributed by atoms with van der Waals surface area (Å²) in [5.41, 5.74) is 8.69. The van der Waals surface area contributed by atoms with Gasteiger partial charge in [0.05, 0.1) is 11.4 Å². The number of hydrogen-bond acceptors (Lipinski definition) is 4. The van der Waals surface area contributed by atoms with Gasteiger partial charge in [0.2, 0.25) is 0 Å². The van der Waals surface area contributed by atoms with Gasteiger partial charge >= 0.3 is 11.8 Å². The molecule has 0 atom stereocenters. The molecule has 0 aromatic heterocycles. The fourth-order valence-corrected chi connectivity index (χ4v) is 2.09. The van der Waals surface area contributed by atoms with E-state index in [0.29, 0.717) is 0 Å². The first kappa shape index (κ1) is 20.9. The summed E-state index contributed by atoms with van der Waals surface area (Å²) in [5, 5.41) is 4.72. The highest BCUT2D eigenvalue weighted by atomic mass is 32.1. The van der Waals surface area contributed by atoms with Gasteiger partial charge in [0.25, 0.3) is 0 Å². The van der Waals surface area contributed by atoms with Crippen molar-refractivity contribution in [2.75, 3.05) is 10.6 Å². The summed E-state index contributed by atoms with van der Waals surface area (Å²) in [6, 6.07) is 11.5. The van der Waals surface area contributed by atoms with E-state index in [2.05, 4.69) is 21.5 Å². The number of hydrazine groups is 2. The van der Waals surface area contributed by atoms with Gasteiger partial charge in [-0.05, 0) is 48.7 Å². The zero-order chi connectivity index (χ0) is 20.5. The SMILES string of the molecule is O=C(NNC(=S)Nc1ccccc1F)C(=O)NNC(=S)Nc1ccccc1F. The second-order valence-corrected chi connectivity index (χ2v) is 5.84. The van der Waals surface area contributed by atoms with Crippen molar-refractivity contribution in [1.29, 1.82) is 0 Å². The molecular weight excluding hydrogens is 410 g/mol. The van der Waals surface area contributed by atoms with E-state index in [-0.39, 0.29) is 21.6 Å². The van der Waals surface area contributed by atoms with E-state index in [1.807, 2.05) is 10.9 Å². The smallest absolute Gasteiger partial charge is 0.329 e. The molecule has 2 amide bonds. The van der Waals surface area contributed by atoms with Crippen molar-refractivity contribution in [3.05, 3.63) is 60.2 Å². The molecule has 0 aliphatic rings. The van der Waals surface area contributed by atoms with Crippen molar-refractivity contribution in [2.24, 2.45) is 0 Å². The average Bonchev–Trinajstić information content (AvgIpc) is 2.68. The molecule has 0 heterocycles. The second-order valence-electron chi connectivity index (χ2n) is 5.03. The summed E-state index contributed by atoms with van der Waals surface area (Å²) >= 11 is 9.75. The van der Waals surface area contributed by atoms with Gasteiger partial charge in [-0.15, -0.1) is 0 Å². The zero-order valence-electron chi connectivity index (χ0n) is 14.0. The topological polar surface area (TPSA) is 106 Å². The summed E-state index contributed by atoms with van der Waals surface area (Å²) in [4.78, 5) is 23.4. The minimum atomic E-state index is -1.11. The van der Waals surface area contributed by atoms with E-state index < -0.39 is 23.4 Å². The third-order valence-corrected chi connectivity index (χ3v) is 3.44. The number of carbonyl (C=O) groups excluding carboxylic acids is 2.